The molecule has 0 heterocycles. The van der Waals surface area contributed by atoms with Crippen LogP contribution in [0.5, 0.6) is 5.75 Å². The Kier molecular flexibility index (Phi) is 8.97. The van der Waals surface area contributed by atoms with Crippen LogP contribution in [0.15, 0.2) is 22.7 Å². The van der Waals surface area contributed by atoms with Crippen molar-refractivity contribution in [2.75, 3.05) is 26.7 Å². The van der Waals surface area contributed by atoms with Gasteiger partial charge in [-0.25, -0.2) is 0 Å². The highest BCUT2D eigenvalue weighted by Gasteiger charge is 2.05. The molecule has 1 aromatic carbocycles. The summed E-state index contributed by atoms with van der Waals surface area (Å²) >= 11 is 3.53. The molecule has 120 valence electrons. The highest BCUT2D eigenvalue weighted by atomic mass is 79.9. The Morgan fingerprint density at radius 2 is 2.00 bits per heavy atom. The molecule has 0 saturated heterocycles. The summed E-state index contributed by atoms with van der Waals surface area (Å²) in [6, 6.07) is 6.78. The first-order valence-electron chi connectivity index (χ1n) is 7.88. The Hall–Kier alpha value is -0.580. The topological polar surface area (TPSA) is 24.5 Å². The van der Waals surface area contributed by atoms with E-state index < -0.39 is 0 Å². The molecule has 0 bridgehead atoms. The van der Waals surface area contributed by atoms with Crippen LogP contribution in [0.4, 0.5) is 0 Å². The predicted octanol–water partition coefficient (Wildman–Crippen LogP) is 4.06. The summed E-state index contributed by atoms with van der Waals surface area (Å²) in [5.41, 5.74) is 1.28. The van der Waals surface area contributed by atoms with Crippen LogP contribution < -0.4 is 10.1 Å². The largest absolute Gasteiger partial charge is 0.496 e. The van der Waals surface area contributed by atoms with E-state index >= 15 is 0 Å². The van der Waals surface area contributed by atoms with Gasteiger partial charge in [0.2, 0.25) is 0 Å². The lowest BCUT2D eigenvalue weighted by molar-refractivity contribution is 0.290. The number of ether oxygens (including phenoxy) is 1. The fraction of sp³-hybridized carbons (Fsp3) is 0.647. The summed E-state index contributed by atoms with van der Waals surface area (Å²) in [6.07, 6.45) is 2.47. The van der Waals surface area contributed by atoms with Gasteiger partial charge in [0.05, 0.1) is 11.6 Å². The van der Waals surface area contributed by atoms with Crippen LogP contribution in [0.2, 0.25) is 0 Å². The SMILES string of the molecule is CCN(CC)CCCC(C)NCc1ccc(OC)c(Br)c1. The normalized spacial score (nSPS) is 12.7. The van der Waals surface area contributed by atoms with Crippen molar-refractivity contribution in [1.82, 2.24) is 10.2 Å². The molecule has 1 aromatic rings. The molecule has 3 nitrogen and oxygen atoms in total. The Morgan fingerprint density at radius 3 is 2.57 bits per heavy atom. The number of rotatable bonds is 10. The van der Waals surface area contributed by atoms with Gasteiger partial charge in [-0.2, -0.15) is 0 Å². The van der Waals surface area contributed by atoms with Crippen molar-refractivity contribution in [3.8, 4) is 5.75 Å². The van der Waals surface area contributed by atoms with Crippen molar-refractivity contribution < 1.29 is 4.74 Å². The van der Waals surface area contributed by atoms with Crippen molar-refractivity contribution in [2.45, 2.75) is 46.2 Å². The number of hydrogen-bond donors (Lipinski definition) is 1. The minimum Gasteiger partial charge on any atom is -0.496 e. The van der Waals surface area contributed by atoms with Crippen molar-refractivity contribution in [1.29, 1.82) is 0 Å². The number of nitrogens with zero attached hydrogens (tertiary/aromatic N) is 1. The fourth-order valence-electron chi connectivity index (χ4n) is 2.37. The van der Waals surface area contributed by atoms with Crippen molar-refractivity contribution >= 4 is 15.9 Å². The zero-order chi connectivity index (χ0) is 15.7. The molecule has 1 unspecified atom stereocenters. The van der Waals surface area contributed by atoms with E-state index in [4.69, 9.17) is 4.74 Å². The van der Waals surface area contributed by atoms with E-state index in [1.54, 1.807) is 7.11 Å². The van der Waals surface area contributed by atoms with E-state index in [1.807, 2.05) is 6.07 Å². The molecular weight excluding hydrogens is 328 g/mol. The number of methoxy groups -OCH3 is 1. The Labute approximate surface area is 138 Å². The third kappa shape index (κ3) is 6.81. The molecule has 0 radical (unpaired) electrons. The molecule has 0 fully saturated rings. The van der Waals surface area contributed by atoms with E-state index in [1.165, 1.54) is 24.9 Å². The minimum atomic E-state index is 0.543. The van der Waals surface area contributed by atoms with Gasteiger partial charge >= 0.3 is 0 Å². The molecule has 0 amide bonds. The maximum Gasteiger partial charge on any atom is 0.133 e. The molecule has 0 spiro atoms. The highest BCUT2D eigenvalue weighted by molar-refractivity contribution is 9.10. The summed E-state index contributed by atoms with van der Waals surface area (Å²) in [7, 11) is 1.69. The molecule has 0 aliphatic heterocycles. The summed E-state index contributed by atoms with van der Waals surface area (Å²) in [6.45, 7) is 11.1. The Bertz CT molecular complexity index is 408. The summed E-state index contributed by atoms with van der Waals surface area (Å²) in [5, 5.41) is 3.59. The van der Waals surface area contributed by atoms with Crippen LogP contribution in [0, 0.1) is 0 Å². The van der Waals surface area contributed by atoms with Crippen molar-refractivity contribution in [2.24, 2.45) is 0 Å². The standard InChI is InChI=1S/C17H29BrN2O/c1-5-20(6-2)11-7-8-14(3)19-13-15-9-10-17(21-4)16(18)12-15/h9-10,12,14,19H,5-8,11,13H2,1-4H3. The van der Waals surface area contributed by atoms with E-state index in [0.29, 0.717) is 6.04 Å². The lowest BCUT2D eigenvalue weighted by atomic mass is 10.1. The quantitative estimate of drug-likeness (QED) is 0.684. The van der Waals surface area contributed by atoms with Gasteiger partial charge in [0.15, 0.2) is 0 Å². The summed E-state index contributed by atoms with van der Waals surface area (Å²) < 4.78 is 6.26. The molecule has 0 saturated carbocycles. The Morgan fingerprint density at radius 1 is 1.29 bits per heavy atom. The van der Waals surface area contributed by atoms with Crippen molar-refractivity contribution in [3.05, 3.63) is 28.2 Å². The molecule has 1 atom stereocenters. The molecule has 0 aliphatic carbocycles. The predicted molar refractivity (Wildman–Crippen MR) is 94.0 cm³/mol. The van der Waals surface area contributed by atoms with E-state index in [9.17, 15) is 0 Å². The first-order chi connectivity index (χ1) is 10.1. The van der Waals surface area contributed by atoms with Gasteiger partial charge in [-0.3, -0.25) is 0 Å². The van der Waals surface area contributed by atoms with E-state index in [-0.39, 0.29) is 0 Å². The second-order valence-corrected chi connectivity index (χ2v) is 6.27. The molecule has 4 heteroatoms. The van der Waals surface area contributed by atoms with Crippen LogP contribution >= 0.6 is 15.9 Å². The zero-order valence-electron chi connectivity index (χ0n) is 13.8. The first kappa shape index (κ1) is 18.5. The van der Waals surface area contributed by atoms with Crippen LogP contribution in [0.3, 0.4) is 0 Å². The van der Waals surface area contributed by atoms with Gasteiger partial charge < -0.3 is 15.0 Å². The Balaban J connectivity index is 2.29. The van der Waals surface area contributed by atoms with Gasteiger partial charge in [-0.1, -0.05) is 19.9 Å². The third-order valence-electron chi connectivity index (χ3n) is 3.88. The number of halogens is 1. The molecular formula is C17H29BrN2O. The van der Waals surface area contributed by atoms with Gasteiger partial charge in [-0.05, 0) is 73.0 Å². The lowest BCUT2D eigenvalue weighted by Gasteiger charge is -2.20. The average Bonchev–Trinajstić information content (AvgIpc) is 2.49. The van der Waals surface area contributed by atoms with Gasteiger partial charge in [0.1, 0.15) is 5.75 Å². The molecule has 1 rings (SSSR count). The zero-order valence-corrected chi connectivity index (χ0v) is 15.4. The molecule has 0 aliphatic rings. The van der Waals surface area contributed by atoms with E-state index in [0.717, 1.165) is 29.9 Å². The van der Waals surface area contributed by atoms with Crippen LogP contribution in [-0.2, 0) is 6.54 Å². The monoisotopic (exact) mass is 356 g/mol. The second kappa shape index (κ2) is 10.2. The maximum atomic E-state index is 5.25. The van der Waals surface area contributed by atoms with Gasteiger partial charge in [0.25, 0.3) is 0 Å². The number of hydrogen-bond acceptors (Lipinski definition) is 3. The van der Waals surface area contributed by atoms with Crippen molar-refractivity contribution in [3.63, 3.8) is 0 Å². The van der Waals surface area contributed by atoms with Gasteiger partial charge in [-0.15, -0.1) is 0 Å². The highest BCUT2D eigenvalue weighted by Crippen LogP contribution is 2.25. The molecule has 0 aromatic heterocycles. The third-order valence-corrected chi connectivity index (χ3v) is 4.50. The smallest absolute Gasteiger partial charge is 0.133 e. The van der Waals surface area contributed by atoms with Crippen LogP contribution in [0.25, 0.3) is 0 Å². The molecule has 21 heavy (non-hydrogen) atoms. The second-order valence-electron chi connectivity index (χ2n) is 5.42. The number of benzene rings is 1. The molecule has 1 N–H and O–H groups in total. The summed E-state index contributed by atoms with van der Waals surface area (Å²) in [5.74, 6) is 0.881. The van der Waals surface area contributed by atoms with E-state index in [2.05, 4.69) is 59.1 Å². The maximum absolute atomic E-state index is 5.25. The lowest BCUT2D eigenvalue weighted by Crippen LogP contribution is -2.28. The van der Waals surface area contributed by atoms with Crippen LogP contribution in [0.1, 0.15) is 39.2 Å². The minimum absolute atomic E-state index is 0.543. The van der Waals surface area contributed by atoms with Crippen LogP contribution in [-0.4, -0.2) is 37.7 Å². The average molecular weight is 357 g/mol. The first-order valence-corrected chi connectivity index (χ1v) is 8.68. The number of nitrogens with one attached hydrogen (secondary N) is 1. The fourth-order valence-corrected chi connectivity index (χ4v) is 2.96. The van der Waals surface area contributed by atoms with Gasteiger partial charge in [0, 0.05) is 12.6 Å². The summed E-state index contributed by atoms with van der Waals surface area (Å²) in [4.78, 5) is 2.48.